The van der Waals surface area contributed by atoms with Crippen molar-refractivity contribution in [2.24, 2.45) is 5.73 Å². The molecule has 0 aromatic carbocycles. The van der Waals surface area contributed by atoms with Crippen molar-refractivity contribution in [2.75, 3.05) is 0 Å². The lowest BCUT2D eigenvalue weighted by Gasteiger charge is -2.03. The number of nitrogens with two attached hydrogens (primary N) is 1. The molecule has 0 atom stereocenters. The van der Waals surface area contributed by atoms with Gasteiger partial charge in [0.15, 0.2) is 10.9 Å². The Labute approximate surface area is 109 Å². The number of nitrogens with one attached hydrogen (secondary N) is 2. The van der Waals surface area contributed by atoms with Crippen LogP contribution in [-0.4, -0.2) is 28.8 Å². The van der Waals surface area contributed by atoms with Crippen LogP contribution < -0.4 is 10.5 Å². The topological polar surface area (TPSA) is 140 Å². The zero-order chi connectivity index (χ0) is 14.0. The molecule has 0 fully saturated rings. The zero-order valence-electron chi connectivity index (χ0n) is 10.5. The molecule has 9 nitrogen and oxygen atoms in total. The number of hydrogen-bond acceptors (Lipinski definition) is 7. The molecule has 0 aliphatic carbocycles. The molecule has 0 bridgehead atoms. The van der Waals surface area contributed by atoms with Crippen molar-refractivity contribution in [3.05, 3.63) is 23.0 Å². The Morgan fingerprint density at radius 2 is 2.16 bits per heavy atom. The lowest BCUT2D eigenvalue weighted by molar-refractivity contribution is 0.387. The second-order valence-electron chi connectivity index (χ2n) is 3.89. The average molecular weight is 286 g/mol. The van der Waals surface area contributed by atoms with E-state index >= 15 is 0 Å². The van der Waals surface area contributed by atoms with Crippen LogP contribution in [0.5, 0.6) is 0 Å². The van der Waals surface area contributed by atoms with Gasteiger partial charge in [0.2, 0.25) is 5.89 Å². The third kappa shape index (κ3) is 2.80. The number of aromatic amines is 1. The Morgan fingerprint density at radius 3 is 2.74 bits per heavy atom. The van der Waals surface area contributed by atoms with Crippen molar-refractivity contribution in [2.45, 2.75) is 32.0 Å². The minimum Gasteiger partial charge on any atom is -0.340 e. The van der Waals surface area contributed by atoms with Crippen LogP contribution in [0, 0.1) is 13.8 Å². The molecular formula is C9H14N6O3S. The van der Waals surface area contributed by atoms with Crippen LogP contribution in [-0.2, 0) is 23.1 Å². The first-order chi connectivity index (χ1) is 8.94. The van der Waals surface area contributed by atoms with E-state index in [1.54, 1.807) is 13.8 Å². The molecule has 10 heteroatoms. The molecule has 2 rings (SSSR count). The molecule has 2 heterocycles. The monoisotopic (exact) mass is 286 g/mol. The maximum atomic E-state index is 12.1. The molecule has 0 saturated heterocycles. The maximum absolute atomic E-state index is 12.1. The fourth-order valence-corrected chi connectivity index (χ4v) is 2.72. The van der Waals surface area contributed by atoms with E-state index in [1.165, 1.54) is 0 Å². The summed E-state index contributed by atoms with van der Waals surface area (Å²) in [5.41, 5.74) is 6.59. The predicted octanol–water partition coefficient (Wildman–Crippen LogP) is -0.653. The van der Waals surface area contributed by atoms with Gasteiger partial charge in [-0.05, 0) is 6.92 Å². The molecule has 0 unspecified atom stereocenters. The van der Waals surface area contributed by atoms with Crippen LogP contribution in [0.1, 0.15) is 23.0 Å². The SMILES string of the molecule is Cc1nc(CNS(=O)(=O)c2n[nH]c(C)c2CN)no1. The van der Waals surface area contributed by atoms with Crippen molar-refractivity contribution >= 4 is 10.0 Å². The predicted molar refractivity (Wildman–Crippen MR) is 64.3 cm³/mol. The van der Waals surface area contributed by atoms with Gasteiger partial charge in [-0.1, -0.05) is 5.16 Å². The van der Waals surface area contributed by atoms with Crippen LogP contribution in [0.2, 0.25) is 0 Å². The smallest absolute Gasteiger partial charge is 0.260 e. The standard InChI is InChI=1S/C9H14N6O3S/c1-5-7(3-10)9(14-13-5)19(16,17)11-4-8-12-6(2)18-15-8/h11H,3-4,10H2,1-2H3,(H,13,14). The van der Waals surface area contributed by atoms with Crippen molar-refractivity contribution in [1.29, 1.82) is 0 Å². The van der Waals surface area contributed by atoms with Crippen LogP contribution in [0.15, 0.2) is 9.55 Å². The van der Waals surface area contributed by atoms with Gasteiger partial charge in [-0.15, -0.1) is 0 Å². The van der Waals surface area contributed by atoms with E-state index in [0.29, 0.717) is 17.1 Å². The van der Waals surface area contributed by atoms with Gasteiger partial charge in [-0.25, -0.2) is 13.1 Å². The van der Waals surface area contributed by atoms with E-state index in [1.807, 2.05) is 0 Å². The van der Waals surface area contributed by atoms with Crippen LogP contribution in [0.25, 0.3) is 0 Å². The van der Waals surface area contributed by atoms with Crippen molar-refractivity contribution in [3.63, 3.8) is 0 Å². The van der Waals surface area contributed by atoms with Gasteiger partial charge in [0.25, 0.3) is 10.0 Å². The summed E-state index contributed by atoms with van der Waals surface area (Å²) >= 11 is 0. The fourth-order valence-electron chi connectivity index (χ4n) is 1.53. The summed E-state index contributed by atoms with van der Waals surface area (Å²) in [7, 11) is -3.77. The minimum absolute atomic E-state index is 0.0738. The van der Waals surface area contributed by atoms with Crippen molar-refractivity contribution in [1.82, 2.24) is 25.1 Å². The zero-order valence-corrected chi connectivity index (χ0v) is 11.3. The molecule has 104 valence electrons. The van der Waals surface area contributed by atoms with Gasteiger partial charge in [-0.3, -0.25) is 5.10 Å². The Kier molecular flexibility index (Phi) is 3.64. The highest BCUT2D eigenvalue weighted by atomic mass is 32.2. The molecule has 0 radical (unpaired) electrons. The first-order valence-corrected chi connectivity index (χ1v) is 6.95. The number of sulfonamides is 1. The molecule has 0 saturated carbocycles. The lowest BCUT2D eigenvalue weighted by atomic mass is 10.3. The quantitative estimate of drug-likeness (QED) is 0.663. The lowest BCUT2D eigenvalue weighted by Crippen LogP contribution is -2.25. The maximum Gasteiger partial charge on any atom is 0.260 e. The number of H-pyrrole nitrogens is 1. The van der Waals surface area contributed by atoms with E-state index in [-0.39, 0.29) is 23.9 Å². The summed E-state index contributed by atoms with van der Waals surface area (Å²) in [6.07, 6.45) is 0. The second kappa shape index (κ2) is 5.07. The summed E-state index contributed by atoms with van der Waals surface area (Å²) in [4.78, 5) is 3.90. The first kappa shape index (κ1) is 13.6. The first-order valence-electron chi connectivity index (χ1n) is 5.47. The second-order valence-corrected chi connectivity index (χ2v) is 5.57. The third-order valence-corrected chi connectivity index (χ3v) is 3.86. The van der Waals surface area contributed by atoms with Gasteiger partial charge in [-0.2, -0.15) is 10.1 Å². The van der Waals surface area contributed by atoms with Gasteiger partial charge in [0.05, 0.1) is 6.54 Å². The van der Waals surface area contributed by atoms with Crippen molar-refractivity contribution < 1.29 is 12.9 Å². The highest BCUT2D eigenvalue weighted by Gasteiger charge is 2.23. The van der Waals surface area contributed by atoms with Gasteiger partial charge in [0, 0.05) is 24.7 Å². The summed E-state index contributed by atoms with van der Waals surface area (Å²) < 4.78 is 31.2. The number of nitrogens with zero attached hydrogens (tertiary/aromatic N) is 3. The van der Waals surface area contributed by atoms with E-state index in [0.717, 1.165) is 0 Å². The molecule has 0 spiro atoms. The molecule has 0 aliphatic heterocycles. The average Bonchev–Trinajstić information content (AvgIpc) is 2.93. The number of rotatable bonds is 5. The number of aromatic nitrogens is 4. The highest BCUT2D eigenvalue weighted by molar-refractivity contribution is 7.89. The largest absolute Gasteiger partial charge is 0.340 e. The highest BCUT2D eigenvalue weighted by Crippen LogP contribution is 2.15. The Bertz CT molecular complexity index is 674. The molecule has 0 amide bonds. The number of aryl methyl sites for hydroxylation is 2. The van der Waals surface area contributed by atoms with Crippen molar-refractivity contribution in [3.8, 4) is 0 Å². The van der Waals surface area contributed by atoms with E-state index < -0.39 is 10.0 Å². The van der Waals surface area contributed by atoms with Gasteiger partial charge >= 0.3 is 0 Å². The molecular weight excluding hydrogens is 272 g/mol. The van der Waals surface area contributed by atoms with E-state index in [9.17, 15) is 8.42 Å². The van der Waals surface area contributed by atoms with Crippen LogP contribution in [0.4, 0.5) is 0 Å². The fraction of sp³-hybridized carbons (Fsp3) is 0.444. The summed E-state index contributed by atoms with van der Waals surface area (Å²) in [6.45, 7) is 3.33. The van der Waals surface area contributed by atoms with Gasteiger partial charge in [0.1, 0.15) is 0 Å². The molecule has 19 heavy (non-hydrogen) atoms. The molecule has 0 aliphatic rings. The summed E-state index contributed by atoms with van der Waals surface area (Å²) in [5.74, 6) is 0.620. The third-order valence-electron chi connectivity index (χ3n) is 2.48. The van der Waals surface area contributed by atoms with Crippen LogP contribution >= 0.6 is 0 Å². The van der Waals surface area contributed by atoms with Gasteiger partial charge < -0.3 is 10.3 Å². The normalized spacial score (nSPS) is 11.9. The minimum atomic E-state index is -3.77. The molecule has 2 aromatic heterocycles. The molecule has 2 aromatic rings. The Balaban J connectivity index is 2.18. The Morgan fingerprint density at radius 1 is 1.42 bits per heavy atom. The molecule has 4 N–H and O–H groups in total. The number of hydrogen-bond donors (Lipinski definition) is 3. The van der Waals surface area contributed by atoms with E-state index in [2.05, 4.69) is 25.1 Å². The van der Waals surface area contributed by atoms with E-state index in [4.69, 9.17) is 10.3 Å². The van der Waals surface area contributed by atoms with Crippen LogP contribution in [0.3, 0.4) is 0 Å². The summed E-state index contributed by atoms with van der Waals surface area (Å²) in [5, 5.41) is 9.84. The summed E-state index contributed by atoms with van der Waals surface area (Å²) in [6, 6.07) is 0. The Hall–Kier alpha value is -1.78.